The Kier molecular flexibility index (Phi) is 5.00. The summed E-state index contributed by atoms with van der Waals surface area (Å²) in [6.45, 7) is 3.77. The van der Waals surface area contributed by atoms with Gasteiger partial charge in [0.2, 0.25) is 0 Å². The Morgan fingerprint density at radius 1 is 1.15 bits per heavy atom. The lowest BCUT2D eigenvalue weighted by Gasteiger charge is -2.44. The molecule has 20 heavy (non-hydrogen) atoms. The molecule has 2 fully saturated rings. The first-order valence-corrected chi connectivity index (χ1v) is 9.43. The van der Waals surface area contributed by atoms with Crippen LogP contribution in [0, 0.1) is 5.41 Å². The van der Waals surface area contributed by atoms with E-state index in [1.165, 1.54) is 69.6 Å². The summed E-state index contributed by atoms with van der Waals surface area (Å²) in [5, 5.41) is 3.34. The Hall–Kier alpha value is -0.120. The van der Waals surface area contributed by atoms with E-state index in [0.29, 0.717) is 5.88 Å². The van der Waals surface area contributed by atoms with Gasteiger partial charge >= 0.3 is 0 Å². The van der Waals surface area contributed by atoms with Crippen molar-refractivity contribution >= 4 is 22.9 Å². The summed E-state index contributed by atoms with van der Waals surface area (Å²) in [5.41, 5.74) is 1.76. The maximum absolute atomic E-state index is 5.81. The number of aromatic nitrogens is 1. The summed E-state index contributed by atoms with van der Waals surface area (Å²) in [6, 6.07) is 0. The summed E-state index contributed by atoms with van der Waals surface area (Å²) >= 11 is 7.57. The molecule has 1 aromatic heterocycles. The maximum atomic E-state index is 5.81. The molecule has 4 heteroatoms. The predicted octanol–water partition coefficient (Wildman–Crippen LogP) is 4.47. The molecule has 2 heterocycles. The van der Waals surface area contributed by atoms with Crippen molar-refractivity contribution < 1.29 is 0 Å². The van der Waals surface area contributed by atoms with Gasteiger partial charge in [0.1, 0.15) is 0 Å². The standard InChI is InChI=1S/C16H25ClN2S/c17-12-14-13-20-15(18-14)4-9-19-10-7-16(8-11-19)5-2-1-3-6-16/h13H,1-12H2. The molecule has 2 aliphatic rings. The Balaban J connectivity index is 1.44. The van der Waals surface area contributed by atoms with Crippen molar-refractivity contribution in [3.63, 3.8) is 0 Å². The van der Waals surface area contributed by atoms with Crippen LogP contribution in [0.25, 0.3) is 0 Å². The number of hydrogen-bond acceptors (Lipinski definition) is 3. The minimum Gasteiger partial charge on any atom is -0.303 e. The van der Waals surface area contributed by atoms with E-state index in [0.717, 1.165) is 17.5 Å². The highest BCUT2D eigenvalue weighted by Crippen LogP contribution is 2.44. The fourth-order valence-corrected chi connectivity index (χ4v) is 4.85. The third-order valence-corrected chi connectivity index (χ3v) is 6.44. The van der Waals surface area contributed by atoms with Gasteiger partial charge in [-0.25, -0.2) is 4.98 Å². The highest BCUT2D eigenvalue weighted by Gasteiger charge is 2.35. The monoisotopic (exact) mass is 312 g/mol. The molecular formula is C16H25ClN2S. The van der Waals surface area contributed by atoms with Crippen molar-refractivity contribution in [2.75, 3.05) is 19.6 Å². The molecule has 0 atom stereocenters. The number of piperidine rings is 1. The van der Waals surface area contributed by atoms with Crippen LogP contribution >= 0.6 is 22.9 Å². The third kappa shape index (κ3) is 3.55. The molecule has 1 saturated heterocycles. The second-order valence-corrected chi connectivity index (χ2v) is 7.73. The molecule has 1 spiro atoms. The van der Waals surface area contributed by atoms with E-state index in [1.807, 2.05) is 0 Å². The molecule has 2 nitrogen and oxygen atoms in total. The average molecular weight is 313 g/mol. The summed E-state index contributed by atoms with van der Waals surface area (Å²) in [7, 11) is 0. The lowest BCUT2D eigenvalue weighted by Crippen LogP contribution is -2.41. The SMILES string of the molecule is ClCc1csc(CCN2CCC3(CCCCC3)CC2)n1. The number of hydrogen-bond donors (Lipinski definition) is 0. The van der Waals surface area contributed by atoms with Gasteiger partial charge in [-0.15, -0.1) is 22.9 Å². The maximum Gasteiger partial charge on any atom is 0.0941 e. The quantitative estimate of drug-likeness (QED) is 0.763. The first-order chi connectivity index (χ1) is 9.80. The minimum atomic E-state index is 0.544. The predicted molar refractivity (Wildman–Crippen MR) is 86.6 cm³/mol. The van der Waals surface area contributed by atoms with E-state index >= 15 is 0 Å². The normalized spacial score (nSPS) is 23.2. The smallest absolute Gasteiger partial charge is 0.0941 e. The lowest BCUT2D eigenvalue weighted by molar-refractivity contribution is 0.0684. The van der Waals surface area contributed by atoms with Gasteiger partial charge in [0.25, 0.3) is 0 Å². The lowest BCUT2D eigenvalue weighted by atomic mass is 9.68. The highest BCUT2D eigenvalue weighted by atomic mass is 35.5. The molecule has 3 rings (SSSR count). The molecule has 0 amide bonds. The van der Waals surface area contributed by atoms with Crippen LogP contribution in [0.1, 0.15) is 55.6 Å². The number of rotatable bonds is 4. The Labute approximate surface area is 131 Å². The molecule has 112 valence electrons. The Morgan fingerprint density at radius 3 is 2.55 bits per heavy atom. The second kappa shape index (κ2) is 6.76. The molecule has 1 saturated carbocycles. The number of likely N-dealkylation sites (tertiary alicyclic amines) is 1. The van der Waals surface area contributed by atoms with E-state index in [2.05, 4.69) is 15.3 Å². The van der Waals surface area contributed by atoms with Gasteiger partial charge in [-0.3, -0.25) is 0 Å². The molecule has 1 aliphatic heterocycles. The van der Waals surface area contributed by atoms with E-state index < -0.39 is 0 Å². The van der Waals surface area contributed by atoms with Gasteiger partial charge in [0, 0.05) is 18.3 Å². The summed E-state index contributed by atoms with van der Waals surface area (Å²) in [4.78, 5) is 7.20. The van der Waals surface area contributed by atoms with Gasteiger partial charge in [-0.05, 0) is 44.2 Å². The molecule has 1 aromatic rings. The Morgan fingerprint density at radius 2 is 1.90 bits per heavy atom. The van der Waals surface area contributed by atoms with E-state index in [1.54, 1.807) is 11.3 Å². The van der Waals surface area contributed by atoms with Crippen molar-refractivity contribution in [3.8, 4) is 0 Å². The molecule has 1 aliphatic carbocycles. The summed E-state index contributed by atoms with van der Waals surface area (Å²) < 4.78 is 0. The van der Waals surface area contributed by atoms with Crippen LogP contribution in [0.2, 0.25) is 0 Å². The first-order valence-electron chi connectivity index (χ1n) is 8.01. The topological polar surface area (TPSA) is 16.1 Å². The number of alkyl halides is 1. The molecule has 0 N–H and O–H groups in total. The average Bonchev–Trinajstić information content (AvgIpc) is 2.96. The van der Waals surface area contributed by atoms with Crippen molar-refractivity contribution in [2.45, 2.75) is 57.2 Å². The zero-order valence-corrected chi connectivity index (χ0v) is 13.8. The summed E-state index contributed by atoms with van der Waals surface area (Å²) in [5.74, 6) is 0.544. The van der Waals surface area contributed by atoms with Crippen LogP contribution in [0.15, 0.2) is 5.38 Å². The molecule has 0 radical (unpaired) electrons. The van der Waals surface area contributed by atoms with Crippen LogP contribution in [0.4, 0.5) is 0 Å². The molecule has 0 unspecified atom stereocenters. The van der Waals surface area contributed by atoms with Gasteiger partial charge < -0.3 is 4.90 Å². The molecule has 0 aromatic carbocycles. The largest absolute Gasteiger partial charge is 0.303 e. The summed E-state index contributed by atoms with van der Waals surface area (Å²) in [6.07, 6.45) is 11.3. The molecule has 0 bridgehead atoms. The molecular weight excluding hydrogens is 288 g/mol. The number of thiazole rings is 1. The number of halogens is 1. The van der Waals surface area contributed by atoms with Crippen LogP contribution in [-0.2, 0) is 12.3 Å². The zero-order valence-electron chi connectivity index (χ0n) is 12.2. The van der Waals surface area contributed by atoms with Crippen molar-refractivity contribution in [1.82, 2.24) is 9.88 Å². The minimum absolute atomic E-state index is 0.544. The van der Waals surface area contributed by atoms with Crippen LogP contribution in [0.3, 0.4) is 0 Å². The van der Waals surface area contributed by atoms with Gasteiger partial charge in [-0.2, -0.15) is 0 Å². The zero-order chi connectivity index (χ0) is 13.8. The Bertz CT molecular complexity index is 416. The fourth-order valence-electron chi connectivity index (χ4n) is 3.83. The number of nitrogens with zero attached hydrogens (tertiary/aromatic N) is 2. The van der Waals surface area contributed by atoms with Gasteiger partial charge in [-0.1, -0.05) is 19.3 Å². The van der Waals surface area contributed by atoms with Gasteiger partial charge in [0.05, 0.1) is 16.6 Å². The first kappa shape index (κ1) is 14.8. The van der Waals surface area contributed by atoms with Crippen LogP contribution in [0.5, 0.6) is 0 Å². The van der Waals surface area contributed by atoms with Crippen molar-refractivity contribution in [2.24, 2.45) is 5.41 Å². The van der Waals surface area contributed by atoms with E-state index in [-0.39, 0.29) is 0 Å². The second-order valence-electron chi connectivity index (χ2n) is 6.52. The van der Waals surface area contributed by atoms with E-state index in [4.69, 9.17) is 11.6 Å². The van der Waals surface area contributed by atoms with Crippen molar-refractivity contribution in [3.05, 3.63) is 16.1 Å². The van der Waals surface area contributed by atoms with Gasteiger partial charge in [0.15, 0.2) is 0 Å². The van der Waals surface area contributed by atoms with E-state index in [9.17, 15) is 0 Å². The van der Waals surface area contributed by atoms with Crippen molar-refractivity contribution in [1.29, 1.82) is 0 Å². The fraction of sp³-hybridized carbons (Fsp3) is 0.812. The van der Waals surface area contributed by atoms with Crippen LogP contribution < -0.4 is 0 Å². The third-order valence-electron chi connectivity index (χ3n) is 5.21. The highest BCUT2D eigenvalue weighted by molar-refractivity contribution is 7.09. The van der Waals surface area contributed by atoms with Crippen LogP contribution in [-0.4, -0.2) is 29.5 Å².